The third kappa shape index (κ3) is 4.10. The zero-order valence-electron chi connectivity index (χ0n) is 14.7. The number of hydrazine groups is 1. The number of ether oxygens (including phenoxy) is 1. The highest BCUT2D eigenvalue weighted by Gasteiger charge is 2.20. The van der Waals surface area contributed by atoms with E-state index in [1.54, 1.807) is 49.8 Å². The van der Waals surface area contributed by atoms with Gasteiger partial charge in [-0.05, 0) is 24.3 Å². The lowest BCUT2D eigenvalue weighted by Crippen LogP contribution is -2.33. The van der Waals surface area contributed by atoms with E-state index in [1.165, 1.54) is 6.07 Å². The van der Waals surface area contributed by atoms with Crippen LogP contribution in [-0.2, 0) is 4.74 Å². The quantitative estimate of drug-likeness (QED) is 0.481. The summed E-state index contributed by atoms with van der Waals surface area (Å²) in [7, 11) is 1.55. The van der Waals surface area contributed by atoms with E-state index in [4.69, 9.17) is 20.8 Å². The molecule has 3 rings (SSSR count). The number of methoxy groups -OCH3 is 1. The van der Waals surface area contributed by atoms with Gasteiger partial charge < -0.3 is 15.0 Å². The Kier molecular flexibility index (Phi) is 5.74. The van der Waals surface area contributed by atoms with E-state index >= 15 is 0 Å². The second-order valence-electron chi connectivity index (χ2n) is 5.59. The minimum Gasteiger partial charge on any atom is -0.393 e. The van der Waals surface area contributed by atoms with Gasteiger partial charge in [-0.25, -0.2) is 10.2 Å². The topological polar surface area (TPSA) is 116 Å². The SMILES string of the molecule is COCC/C(=C(/N)c1nc(-c2cccnc2)no1)N(N)c1ccccc1F. The number of hydrogen-bond acceptors (Lipinski definition) is 8. The van der Waals surface area contributed by atoms with Crippen molar-refractivity contribution in [2.75, 3.05) is 18.7 Å². The first-order chi connectivity index (χ1) is 13.1. The number of anilines is 1. The van der Waals surface area contributed by atoms with Gasteiger partial charge in [0.2, 0.25) is 5.82 Å². The summed E-state index contributed by atoms with van der Waals surface area (Å²) < 4.78 is 24.5. The van der Waals surface area contributed by atoms with Gasteiger partial charge in [-0.3, -0.25) is 9.99 Å². The number of pyridine rings is 1. The molecule has 0 bridgehead atoms. The number of halogens is 1. The average molecular weight is 370 g/mol. The number of para-hydroxylation sites is 1. The molecular formula is C18H19FN6O2. The van der Waals surface area contributed by atoms with Crippen molar-refractivity contribution in [1.29, 1.82) is 0 Å². The fraction of sp³-hybridized carbons (Fsp3) is 0.167. The molecule has 2 aromatic heterocycles. The predicted molar refractivity (Wildman–Crippen MR) is 98.2 cm³/mol. The predicted octanol–water partition coefficient (Wildman–Crippen LogP) is 2.31. The molecular weight excluding hydrogens is 351 g/mol. The Bertz CT molecular complexity index is 928. The molecule has 0 aliphatic rings. The highest BCUT2D eigenvalue weighted by molar-refractivity contribution is 5.67. The number of nitrogens with two attached hydrogens (primary N) is 2. The highest BCUT2D eigenvalue weighted by atomic mass is 19.1. The van der Waals surface area contributed by atoms with Crippen molar-refractivity contribution < 1.29 is 13.7 Å². The first-order valence-corrected chi connectivity index (χ1v) is 8.13. The fourth-order valence-corrected chi connectivity index (χ4v) is 2.44. The van der Waals surface area contributed by atoms with E-state index in [0.29, 0.717) is 30.1 Å². The highest BCUT2D eigenvalue weighted by Crippen LogP contribution is 2.25. The van der Waals surface area contributed by atoms with Crippen LogP contribution in [0, 0.1) is 5.82 Å². The molecule has 27 heavy (non-hydrogen) atoms. The van der Waals surface area contributed by atoms with Crippen LogP contribution in [0.4, 0.5) is 10.1 Å². The number of rotatable bonds is 7. The lowest BCUT2D eigenvalue weighted by Gasteiger charge is -2.23. The molecule has 4 N–H and O–H groups in total. The van der Waals surface area contributed by atoms with Gasteiger partial charge in [-0.1, -0.05) is 17.3 Å². The monoisotopic (exact) mass is 370 g/mol. The number of hydrogen-bond donors (Lipinski definition) is 2. The normalized spacial score (nSPS) is 12.0. The Morgan fingerprint density at radius 3 is 2.78 bits per heavy atom. The summed E-state index contributed by atoms with van der Waals surface area (Å²) in [6, 6.07) is 9.66. The molecule has 8 nitrogen and oxygen atoms in total. The van der Waals surface area contributed by atoms with Crippen molar-refractivity contribution in [3.8, 4) is 11.4 Å². The molecule has 0 saturated carbocycles. The van der Waals surface area contributed by atoms with Crippen LogP contribution in [0.2, 0.25) is 0 Å². The molecule has 0 spiro atoms. The Hall–Kier alpha value is -3.30. The molecule has 0 aliphatic heterocycles. The van der Waals surface area contributed by atoms with Crippen molar-refractivity contribution in [3.05, 3.63) is 66.2 Å². The zero-order valence-corrected chi connectivity index (χ0v) is 14.7. The number of aromatic nitrogens is 3. The summed E-state index contributed by atoms with van der Waals surface area (Å²) in [5, 5.41) is 5.08. The van der Waals surface area contributed by atoms with Gasteiger partial charge in [0.15, 0.2) is 0 Å². The molecule has 3 aromatic rings. The molecule has 0 radical (unpaired) electrons. The molecule has 0 aliphatic carbocycles. The van der Waals surface area contributed by atoms with Crippen LogP contribution >= 0.6 is 0 Å². The minimum atomic E-state index is -0.482. The van der Waals surface area contributed by atoms with E-state index in [-0.39, 0.29) is 17.3 Å². The molecule has 0 unspecified atom stereocenters. The smallest absolute Gasteiger partial charge is 0.275 e. The van der Waals surface area contributed by atoms with Gasteiger partial charge in [-0.2, -0.15) is 4.98 Å². The third-order valence-corrected chi connectivity index (χ3v) is 3.83. The van der Waals surface area contributed by atoms with Gasteiger partial charge in [0.1, 0.15) is 11.5 Å². The lowest BCUT2D eigenvalue weighted by atomic mass is 10.2. The molecule has 140 valence electrons. The van der Waals surface area contributed by atoms with Crippen molar-refractivity contribution in [3.63, 3.8) is 0 Å². The maximum absolute atomic E-state index is 14.1. The molecule has 9 heteroatoms. The van der Waals surface area contributed by atoms with Gasteiger partial charge in [0.25, 0.3) is 5.89 Å². The van der Waals surface area contributed by atoms with Crippen LogP contribution in [0.25, 0.3) is 17.1 Å². The second kappa shape index (κ2) is 8.39. The van der Waals surface area contributed by atoms with Crippen molar-refractivity contribution >= 4 is 11.4 Å². The van der Waals surface area contributed by atoms with Crippen LogP contribution in [0.1, 0.15) is 12.3 Å². The second-order valence-corrected chi connectivity index (χ2v) is 5.59. The van der Waals surface area contributed by atoms with E-state index in [9.17, 15) is 4.39 Å². The van der Waals surface area contributed by atoms with Crippen LogP contribution in [0.3, 0.4) is 0 Å². The summed E-state index contributed by atoms with van der Waals surface area (Å²) in [4.78, 5) is 8.31. The summed E-state index contributed by atoms with van der Waals surface area (Å²) in [5.41, 5.74) is 7.60. The van der Waals surface area contributed by atoms with Crippen molar-refractivity contribution in [1.82, 2.24) is 15.1 Å². The van der Waals surface area contributed by atoms with E-state index in [2.05, 4.69) is 15.1 Å². The third-order valence-electron chi connectivity index (χ3n) is 3.83. The summed E-state index contributed by atoms with van der Waals surface area (Å²) >= 11 is 0. The standard InChI is InChI=1S/C18H19FN6O2/c1-26-10-8-15(25(21)14-7-3-2-6-13(14)19)16(20)18-23-17(24-27-18)12-5-4-9-22-11-12/h2-7,9,11H,8,10,20-21H2,1H3/b16-15-. The number of nitrogens with zero attached hydrogens (tertiary/aromatic N) is 4. The first-order valence-electron chi connectivity index (χ1n) is 8.13. The first kappa shape index (κ1) is 18.5. The van der Waals surface area contributed by atoms with E-state index in [0.717, 1.165) is 5.01 Å². The van der Waals surface area contributed by atoms with Crippen molar-refractivity contribution in [2.24, 2.45) is 11.6 Å². The van der Waals surface area contributed by atoms with Gasteiger partial charge in [0.05, 0.1) is 18.0 Å². The maximum Gasteiger partial charge on any atom is 0.275 e. The zero-order chi connectivity index (χ0) is 19.2. The maximum atomic E-state index is 14.1. The van der Waals surface area contributed by atoms with E-state index in [1.807, 2.05) is 0 Å². The Morgan fingerprint density at radius 2 is 2.07 bits per heavy atom. The summed E-state index contributed by atoms with van der Waals surface area (Å²) in [6.07, 6.45) is 3.56. The van der Waals surface area contributed by atoms with Crippen LogP contribution in [0.15, 0.2) is 59.0 Å². The van der Waals surface area contributed by atoms with Gasteiger partial charge in [0, 0.05) is 31.5 Å². The average Bonchev–Trinajstić information content (AvgIpc) is 3.19. The molecule has 0 fully saturated rings. The van der Waals surface area contributed by atoms with Gasteiger partial charge in [-0.15, -0.1) is 0 Å². The summed E-state index contributed by atoms with van der Waals surface area (Å²) in [5.74, 6) is 6.07. The molecule has 0 saturated heterocycles. The van der Waals surface area contributed by atoms with Crippen LogP contribution in [0.5, 0.6) is 0 Å². The number of benzene rings is 1. The fourth-order valence-electron chi connectivity index (χ4n) is 2.44. The molecule has 2 heterocycles. The molecule has 1 aromatic carbocycles. The Labute approximate surface area is 155 Å². The van der Waals surface area contributed by atoms with Gasteiger partial charge >= 0.3 is 0 Å². The van der Waals surface area contributed by atoms with Crippen LogP contribution in [-0.4, -0.2) is 28.8 Å². The lowest BCUT2D eigenvalue weighted by molar-refractivity contribution is 0.201. The van der Waals surface area contributed by atoms with Crippen LogP contribution < -0.4 is 16.6 Å². The largest absolute Gasteiger partial charge is 0.393 e. The Balaban J connectivity index is 1.99. The molecule has 0 amide bonds. The molecule has 0 atom stereocenters. The van der Waals surface area contributed by atoms with Crippen molar-refractivity contribution in [2.45, 2.75) is 6.42 Å². The summed E-state index contributed by atoms with van der Waals surface area (Å²) in [6.45, 7) is 0.321. The van der Waals surface area contributed by atoms with E-state index < -0.39 is 5.82 Å². The Morgan fingerprint density at radius 1 is 1.26 bits per heavy atom. The minimum absolute atomic E-state index is 0.0757.